The molecular formula is C13H13FN2O2S. The van der Waals surface area contributed by atoms with E-state index < -0.39 is 15.8 Å². The Morgan fingerprint density at radius 1 is 1.11 bits per heavy atom. The van der Waals surface area contributed by atoms with Crippen molar-refractivity contribution in [3.63, 3.8) is 0 Å². The van der Waals surface area contributed by atoms with E-state index in [2.05, 4.69) is 4.98 Å². The van der Waals surface area contributed by atoms with Crippen molar-refractivity contribution in [3.05, 3.63) is 54.6 Å². The minimum Gasteiger partial charge on any atom is -0.267 e. The minimum atomic E-state index is -3.68. The van der Waals surface area contributed by atoms with Gasteiger partial charge in [0.25, 0.3) is 10.0 Å². The molecule has 0 fully saturated rings. The van der Waals surface area contributed by atoms with E-state index >= 15 is 0 Å². The Bertz CT molecular complexity index is 642. The van der Waals surface area contributed by atoms with Crippen LogP contribution in [0.4, 0.5) is 10.1 Å². The summed E-state index contributed by atoms with van der Waals surface area (Å²) in [5.74, 6) is -0.467. The fourth-order valence-corrected chi connectivity index (χ4v) is 3.21. The Balaban J connectivity index is 2.45. The number of nitrogens with zero attached hydrogens (tertiary/aromatic N) is 2. The highest BCUT2D eigenvalue weighted by Gasteiger charge is 2.23. The number of pyridine rings is 1. The molecule has 2 rings (SSSR count). The zero-order valence-corrected chi connectivity index (χ0v) is 11.1. The van der Waals surface area contributed by atoms with E-state index in [9.17, 15) is 12.8 Å². The lowest BCUT2D eigenvalue weighted by Gasteiger charge is -2.22. The molecule has 0 amide bonds. The van der Waals surface area contributed by atoms with Crippen LogP contribution < -0.4 is 4.31 Å². The van der Waals surface area contributed by atoms with Crippen LogP contribution in [-0.4, -0.2) is 19.9 Å². The van der Waals surface area contributed by atoms with Crippen molar-refractivity contribution in [1.82, 2.24) is 4.98 Å². The fraction of sp³-hybridized carbons (Fsp3) is 0.154. The van der Waals surface area contributed by atoms with Crippen molar-refractivity contribution < 1.29 is 12.8 Å². The van der Waals surface area contributed by atoms with E-state index in [0.717, 1.165) is 12.1 Å². The summed E-state index contributed by atoms with van der Waals surface area (Å²) in [5, 5.41) is 0. The second kappa shape index (κ2) is 5.36. The van der Waals surface area contributed by atoms with Crippen molar-refractivity contribution in [2.24, 2.45) is 0 Å². The van der Waals surface area contributed by atoms with Gasteiger partial charge in [0.1, 0.15) is 5.82 Å². The number of hydrogen-bond acceptors (Lipinski definition) is 3. The number of benzene rings is 1. The van der Waals surface area contributed by atoms with Gasteiger partial charge in [0.05, 0.1) is 10.6 Å². The van der Waals surface area contributed by atoms with E-state index in [4.69, 9.17) is 0 Å². The Morgan fingerprint density at radius 3 is 2.21 bits per heavy atom. The molecule has 0 radical (unpaired) electrons. The summed E-state index contributed by atoms with van der Waals surface area (Å²) in [7, 11) is -3.68. The first-order valence-corrected chi connectivity index (χ1v) is 7.18. The standard InChI is InChI=1S/C13H13FN2O2S/c1-2-16(12-7-9-15-10-8-12)19(17,18)13-5-3-11(14)4-6-13/h3-10H,2H2,1H3. The van der Waals surface area contributed by atoms with Gasteiger partial charge in [-0.3, -0.25) is 9.29 Å². The fourth-order valence-electron chi connectivity index (χ4n) is 1.74. The summed E-state index contributed by atoms with van der Waals surface area (Å²) < 4.78 is 39.0. The SMILES string of the molecule is CCN(c1ccncc1)S(=O)(=O)c1ccc(F)cc1. The zero-order valence-electron chi connectivity index (χ0n) is 10.3. The van der Waals surface area contributed by atoms with Gasteiger partial charge < -0.3 is 0 Å². The van der Waals surface area contributed by atoms with Crippen LogP contribution in [0.2, 0.25) is 0 Å². The molecule has 4 nitrogen and oxygen atoms in total. The molecular weight excluding hydrogens is 267 g/mol. The molecule has 0 spiro atoms. The van der Waals surface area contributed by atoms with Crippen molar-refractivity contribution in [2.75, 3.05) is 10.8 Å². The number of halogens is 1. The quantitative estimate of drug-likeness (QED) is 0.864. The molecule has 0 bridgehead atoms. The van der Waals surface area contributed by atoms with E-state index in [1.54, 1.807) is 19.1 Å². The predicted octanol–water partition coefficient (Wildman–Crippen LogP) is 2.44. The molecule has 1 aromatic heterocycles. The largest absolute Gasteiger partial charge is 0.267 e. The molecule has 0 N–H and O–H groups in total. The Morgan fingerprint density at radius 2 is 1.68 bits per heavy atom. The highest BCUT2D eigenvalue weighted by molar-refractivity contribution is 7.92. The lowest BCUT2D eigenvalue weighted by Crippen LogP contribution is -2.30. The molecule has 19 heavy (non-hydrogen) atoms. The number of hydrogen-bond donors (Lipinski definition) is 0. The third-order valence-corrected chi connectivity index (χ3v) is 4.56. The topological polar surface area (TPSA) is 50.3 Å². The third kappa shape index (κ3) is 2.73. The van der Waals surface area contributed by atoms with Crippen LogP contribution in [0, 0.1) is 5.82 Å². The van der Waals surface area contributed by atoms with Gasteiger partial charge in [0.2, 0.25) is 0 Å². The van der Waals surface area contributed by atoms with E-state index in [1.807, 2.05) is 0 Å². The number of rotatable bonds is 4. The maximum Gasteiger partial charge on any atom is 0.264 e. The molecule has 0 unspecified atom stereocenters. The zero-order chi connectivity index (χ0) is 13.9. The van der Waals surface area contributed by atoms with Crippen molar-refractivity contribution >= 4 is 15.7 Å². The van der Waals surface area contributed by atoms with E-state index in [0.29, 0.717) is 5.69 Å². The third-order valence-electron chi connectivity index (χ3n) is 2.64. The van der Waals surface area contributed by atoms with Crippen LogP contribution in [0.3, 0.4) is 0 Å². The summed E-state index contributed by atoms with van der Waals surface area (Å²) >= 11 is 0. The number of aromatic nitrogens is 1. The summed E-state index contributed by atoms with van der Waals surface area (Å²) in [6.07, 6.45) is 3.05. The smallest absolute Gasteiger partial charge is 0.264 e. The molecule has 0 aliphatic rings. The monoisotopic (exact) mass is 280 g/mol. The lowest BCUT2D eigenvalue weighted by atomic mass is 10.4. The van der Waals surface area contributed by atoms with Gasteiger partial charge >= 0.3 is 0 Å². The van der Waals surface area contributed by atoms with Crippen LogP contribution in [0.1, 0.15) is 6.92 Å². The van der Waals surface area contributed by atoms with Gasteiger partial charge in [-0.25, -0.2) is 12.8 Å². The van der Waals surface area contributed by atoms with Crippen LogP contribution in [-0.2, 0) is 10.0 Å². The maximum absolute atomic E-state index is 12.9. The molecule has 0 saturated carbocycles. The van der Waals surface area contributed by atoms with E-state index in [1.165, 1.54) is 28.8 Å². The van der Waals surface area contributed by atoms with E-state index in [-0.39, 0.29) is 11.4 Å². The van der Waals surface area contributed by atoms with Gasteiger partial charge in [0.15, 0.2) is 0 Å². The maximum atomic E-state index is 12.9. The van der Waals surface area contributed by atoms with Crippen molar-refractivity contribution in [1.29, 1.82) is 0 Å². The molecule has 0 atom stereocenters. The summed E-state index contributed by atoms with van der Waals surface area (Å²) in [5.41, 5.74) is 0.529. The van der Waals surface area contributed by atoms with Crippen molar-refractivity contribution in [2.45, 2.75) is 11.8 Å². The highest BCUT2D eigenvalue weighted by atomic mass is 32.2. The van der Waals surface area contributed by atoms with Gasteiger partial charge in [-0.1, -0.05) is 0 Å². The second-order valence-corrected chi connectivity index (χ2v) is 5.69. The second-order valence-electron chi connectivity index (χ2n) is 3.83. The molecule has 2 aromatic rings. The molecule has 1 aromatic carbocycles. The molecule has 1 heterocycles. The van der Waals surface area contributed by atoms with Crippen molar-refractivity contribution in [3.8, 4) is 0 Å². The average molecular weight is 280 g/mol. The van der Waals surface area contributed by atoms with Gasteiger partial charge in [-0.05, 0) is 43.3 Å². The number of anilines is 1. The Kier molecular flexibility index (Phi) is 3.80. The molecule has 0 saturated heterocycles. The summed E-state index contributed by atoms with van der Waals surface area (Å²) in [4.78, 5) is 3.92. The molecule has 0 aliphatic carbocycles. The van der Waals surface area contributed by atoms with Crippen LogP contribution in [0.25, 0.3) is 0 Å². The van der Waals surface area contributed by atoms with Crippen LogP contribution in [0.15, 0.2) is 53.7 Å². The molecule has 100 valence electrons. The molecule has 6 heteroatoms. The predicted molar refractivity (Wildman–Crippen MR) is 70.8 cm³/mol. The first-order valence-electron chi connectivity index (χ1n) is 5.74. The van der Waals surface area contributed by atoms with Crippen LogP contribution in [0.5, 0.6) is 0 Å². The Hall–Kier alpha value is -1.95. The first-order chi connectivity index (χ1) is 9.05. The highest BCUT2D eigenvalue weighted by Crippen LogP contribution is 2.22. The van der Waals surface area contributed by atoms with Crippen LogP contribution >= 0.6 is 0 Å². The average Bonchev–Trinajstić information content (AvgIpc) is 2.41. The Labute approximate surface area is 111 Å². The summed E-state index contributed by atoms with van der Waals surface area (Å²) in [6, 6.07) is 8.01. The summed E-state index contributed by atoms with van der Waals surface area (Å²) in [6.45, 7) is 2.02. The first kappa shape index (κ1) is 13.5. The lowest BCUT2D eigenvalue weighted by molar-refractivity contribution is 0.590. The molecule has 0 aliphatic heterocycles. The van der Waals surface area contributed by atoms with Gasteiger partial charge in [0, 0.05) is 18.9 Å². The minimum absolute atomic E-state index is 0.0626. The van der Waals surface area contributed by atoms with Gasteiger partial charge in [-0.2, -0.15) is 0 Å². The number of sulfonamides is 1. The van der Waals surface area contributed by atoms with Gasteiger partial charge in [-0.15, -0.1) is 0 Å². The normalized spacial score (nSPS) is 11.3.